The van der Waals surface area contributed by atoms with Crippen LogP contribution in [0.5, 0.6) is 0 Å². The number of nitrogens with one attached hydrogen (secondary N) is 4. The third-order valence-corrected chi connectivity index (χ3v) is 5.38. The molecule has 0 spiro atoms. The maximum absolute atomic E-state index is 11.1. The highest BCUT2D eigenvalue weighted by atomic mass is 35.5. The van der Waals surface area contributed by atoms with Crippen molar-refractivity contribution in [2.24, 2.45) is 22.9 Å². The Balaban J connectivity index is -0.000000106. The minimum atomic E-state index is -1.03. The lowest BCUT2D eigenvalue weighted by atomic mass is 10.1. The molecular formula is C36H68ClN9O10. The van der Waals surface area contributed by atoms with E-state index in [9.17, 15) is 33.6 Å². The molecule has 0 saturated carbocycles. The monoisotopic (exact) mass is 821 g/mol. The summed E-state index contributed by atoms with van der Waals surface area (Å²) in [6.45, 7) is 29.3. The Morgan fingerprint density at radius 3 is 1.61 bits per heavy atom. The molecule has 0 aliphatic rings. The van der Waals surface area contributed by atoms with Gasteiger partial charge in [0.2, 0.25) is 24.1 Å². The van der Waals surface area contributed by atoms with E-state index in [4.69, 9.17) is 32.8 Å². The van der Waals surface area contributed by atoms with E-state index < -0.39 is 5.97 Å². The van der Waals surface area contributed by atoms with E-state index in [1.54, 1.807) is 13.8 Å². The zero-order chi connectivity index (χ0) is 44.0. The third kappa shape index (κ3) is 60.9. The largest absolute Gasteiger partial charge is 1.00 e. The van der Waals surface area contributed by atoms with Crippen molar-refractivity contribution in [1.29, 1.82) is 0 Å². The van der Waals surface area contributed by atoms with Gasteiger partial charge in [0.05, 0.1) is 32.0 Å². The lowest BCUT2D eigenvalue weighted by molar-refractivity contribution is -0.364. The van der Waals surface area contributed by atoms with Crippen LogP contribution in [-0.4, -0.2) is 113 Å². The molecule has 0 aromatic heterocycles. The van der Waals surface area contributed by atoms with Gasteiger partial charge in [0.1, 0.15) is 12.4 Å². The number of ketones is 1. The van der Waals surface area contributed by atoms with Gasteiger partial charge in [0.25, 0.3) is 6.47 Å². The van der Waals surface area contributed by atoms with Gasteiger partial charge in [-0.15, -0.1) is 0 Å². The molecule has 4 amide bonds. The van der Waals surface area contributed by atoms with E-state index in [0.717, 1.165) is 25.8 Å². The van der Waals surface area contributed by atoms with Crippen LogP contribution in [0.2, 0.25) is 0 Å². The Morgan fingerprint density at radius 1 is 0.768 bits per heavy atom. The summed E-state index contributed by atoms with van der Waals surface area (Å²) >= 11 is 0. The number of nitrogens with two attached hydrogens (primary N) is 4. The van der Waals surface area contributed by atoms with Gasteiger partial charge in [-0.25, -0.2) is 4.79 Å². The number of carbonyl (C=O) groups excluding carboxylic acids is 6. The molecule has 0 aromatic carbocycles. The predicted molar refractivity (Wildman–Crippen MR) is 214 cm³/mol. The number of carboxylic acids is 1. The van der Waals surface area contributed by atoms with Crippen LogP contribution in [0.3, 0.4) is 0 Å². The second-order valence-electron chi connectivity index (χ2n) is 10.5. The molecule has 1 unspecified atom stereocenters. The van der Waals surface area contributed by atoms with Crippen molar-refractivity contribution in [3.05, 3.63) is 74.2 Å². The van der Waals surface area contributed by atoms with E-state index in [0.29, 0.717) is 63.3 Å². The van der Waals surface area contributed by atoms with Crippen LogP contribution in [-0.2, 0) is 43.0 Å². The maximum atomic E-state index is 11.1. The minimum Gasteiger partial charge on any atom is -1.00 e. The first kappa shape index (κ1) is 65.7. The SMILES string of the molecule is C=C(C)C(=O)NCCCCC(N)C(C)=O.C=C(C)C(=O)NCC[NH3+].C=C(CN)C(=O)O.C=C(COC=O)C(=O)NCCN.C=CNC=O.C=COCCCN.[Cl-]. The van der Waals surface area contributed by atoms with Gasteiger partial charge in [-0.05, 0) is 59.2 Å². The molecule has 0 saturated heterocycles. The third-order valence-electron chi connectivity index (χ3n) is 5.38. The molecule has 0 rings (SSSR count). The second-order valence-corrected chi connectivity index (χ2v) is 10.5. The number of ether oxygens (including phenoxy) is 2. The van der Waals surface area contributed by atoms with E-state index in [1.807, 2.05) is 0 Å². The normalized spacial score (nSPS) is 9.00. The zero-order valence-electron chi connectivity index (χ0n) is 33.3. The van der Waals surface area contributed by atoms with E-state index in [2.05, 4.69) is 71.2 Å². The fourth-order valence-corrected chi connectivity index (χ4v) is 2.29. The number of Topliss-reactive ketones (excluding diaryl/α,β-unsaturated/α-hetero) is 1. The summed E-state index contributed by atoms with van der Waals surface area (Å²) in [7, 11) is 0. The average Bonchev–Trinajstić information content (AvgIpc) is 3.15. The average molecular weight is 822 g/mol. The van der Waals surface area contributed by atoms with Crippen LogP contribution >= 0.6 is 0 Å². The smallest absolute Gasteiger partial charge is 0.332 e. The highest BCUT2D eigenvalue weighted by Gasteiger charge is 2.07. The molecule has 0 fully saturated rings. The van der Waals surface area contributed by atoms with Gasteiger partial charge in [0.15, 0.2) is 0 Å². The molecule has 16 N–H and O–H groups in total. The number of hydrogen-bond donors (Lipinski definition) is 10. The van der Waals surface area contributed by atoms with E-state index >= 15 is 0 Å². The molecule has 56 heavy (non-hydrogen) atoms. The number of rotatable bonds is 24. The fraction of sp³-hybridized carbons (Fsp3) is 0.472. The predicted octanol–water partition coefficient (Wildman–Crippen LogP) is -4.56. The van der Waals surface area contributed by atoms with Crippen LogP contribution in [0.25, 0.3) is 0 Å². The van der Waals surface area contributed by atoms with Crippen LogP contribution in [0, 0.1) is 0 Å². The fourth-order valence-electron chi connectivity index (χ4n) is 2.29. The lowest BCUT2D eigenvalue weighted by Crippen LogP contribution is -3.00. The number of aliphatic carboxylic acids is 1. The van der Waals surface area contributed by atoms with Gasteiger partial charge in [-0.3, -0.25) is 28.8 Å². The molecule has 0 aliphatic carbocycles. The molecule has 0 bridgehead atoms. The van der Waals surface area contributed by atoms with E-state index in [-0.39, 0.29) is 72.7 Å². The number of quaternary nitrogens is 1. The Bertz CT molecular complexity index is 1160. The molecule has 20 heteroatoms. The van der Waals surface area contributed by atoms with Crippen molar-refractivity contribution >= 4 is 42.4 Å². The van der Waals surface area contributed by atoms with Gasteiger partial charge in [-0.1, -0.05) is 39.5 Å². The Hall–Kier alpha value is -5.18. The quantitative estimate of drug-likeness (QED) is 0.0190. The summed E-state index contributed by atoms with van der Waals surface area (Å²) < 4.78 is 9.08. The summed E-state index contributed by atoms with van der Waals surface area (Å²) in [5.41, 5.74) is 25.6. The number of amides is 4. The second kappa shape index (κ2) is 51.9. The van der Waals surface area contributed by atoms with Crippen molar-refractivity contribution in [3.8, 4) is 0 Å². The van der Waals surface area contributed by atoms with Crippen molar-refractivity contribution in [1.82, 2.24) is 21.3 Å². The van der Waals surface area contributed by atoms with Crippen molar-refractivity contribution in [3.63, 3.8) is 0 Å². The standard InChI is InChI=1S/C11H20N2O2.C7H12N2O3.C6H12N2O.C5H11NO.C4H7NO2.C3H5NO.ClH/c1-8(2)11(15)13-7-5-4-6-10(12)9(3)14;1-6(4-12-5-10)7(11)9-3-2-8;1-5(2)6(9)8-4-3-7;1-2-7-5-3-4-6;1-3(2-5)4(6)7;1-2-4-3-5;/h10H,1,4-7,12H2,2-3H3,(H,13,15);5H,1-4,8H2,(H,9,11);1,3-4,7H2,2H3,(H,8,9);2H,1,3-6H2;1-2,5H2,(H,6,7);2-3H,1H2,(H,4,5);1H. The molecular weight excluding hydrogens is 754 g/mol. The molecule has 0 radical (unpaired) electrons. The lowest BCUT2D eigenvalue weighted by Gasteiger charge is -2.07. The minimum absolute atomic E-state index is 0. The van der Waals surface area contributed by atoms with Crippen LogP contribution in [0.4, 0.5) is 0 Å². The molecule has 1 atom stereocenters. The number of halogens is 1. The Labute approximate surface area is 338 Å². The maximum Gasteiger partial charge on any atom is 0.332 e. The van der Waals surface area contributed by atoms with Gasteiger partial charge in [0, 0.05) is 48.5 Å². The topological polar surface area (TPSA) is 338 Å². The summed E-state index contributed by atoms with van der Waals surface area (Å²) in [4.78, 5) is 72.2. The molecule has 0 aromatic rings. The Morgan fingerprint density at radius 2 is 1.29 bits per heavy atom. The van der Waals surface area contributed by atoms with Crippen molar-refractivity contribution in [2.45, 2.75) is 52.5 Å². The molecule has 0 heterocycles. The van der Waals surface area contributed by atoms with Crippen molar-refractivity contribution in [2.75, 3.05) is 59.0 Å². The van der Waals surface area contributed by atoms with Crippen LogP contribution < -0.4 is 62.3 Å². The van der Waals surface area contributed by atoms with Gasteiger partial charge < -0.3 is 76.9 Å². The first-order chi connectivity index (χ1) is 25.9. The van der Waals surface area contributed by atoms with E-state index in [1.165, 1.54) is 19.4 Å². The molecule has 324 valence electrons. The highest BCUT2D eigenvalue weighted by molar-refractivity contribution is 5.93. The van der Waals surface area contributed by atoms with Gasteiger partial charge in [-0.2, -0.15) is 0 Å². The summed E-state index contributed by atoms with van der Waals surface area (Å²) in [6, 6.07) is -0.359. The number of unbranched alkanes of at least 4 members (excludes halogenated alkanes) is 1. The number of carbonyl (C=O) groups is 7. The number of carboxylic acid groups (broad SMARTS) is 1. The van der Waals surface area contributed by atoms with Crippen molar-refractivity contribution < 1.29 is 66.3 Å². The summed E-state index contributed by atoms with van der Waals surface area (Å²) in [6.07, 6.45) is 6.57. The first-order valence-electron chi connectivity index (χ1n) is 16.8. The zero-order valence-corrected chi connectivity index (χ0v) is 34.1. The first-order valence-corrected chi connectivity index (χ1v) is 16.8. The Kier molecular flexibility index (Phi) is 60.9. The highest BCUT2D eigenvalue weighted by Crippen LogP contribution is 1.99. The van der Waals surface area contributed by atoms with Crippen LogP contribution in [0.1, 0.15) is 46.5 Å². The van der Waals surface area contributed by atoms with Gasteiger partial charge >= 0.3 is 5.97 Å². The van der Waals surface area contributed by atoms with Crippen LogP contribution in [0.15, 0.2) is 74.2 Å². The molecule has 0 aliphatic heterocycles. The number of hydrogen-bond acceptors (Lipinski definition) is 13. The summed E-state index contributed by atoms with van der Waals surface area (Å²) in [5.74, 6) is -1.56. The summed E-state index contributed by atoms with van der Waals surface area (Å²) in [5, 5.41) is 18.0. The molecule has 19 nitrogen and oxygen atoms in total.